The third kappa shape index (κ3) is 46.1. The van der Waals surface area contributed by atoms with Crippen molar-refractivity contribution in [1.82, 2.24) is 0 Å². The van der Waals surface area contributed by atoms with Crippen LogP contribution in [0.25, 0.3) is 0 Å². The van der Waals surface area contributed by atoms with Gasteiger partial charge < -0.3 is 10.2 Å². The Balaban J connectivity index is -0.000000178. The molecule has 0 aromatic carbocycles. The summed E-state index contributed by atoms with van der Waals surface area (Å²) in [4.78, 5) is 0. The van der Waals surface area contributed by atoms with Gasteiger partial charge in [-0.25, -0.2) is 0 Å². The van der Waals surface area contributed by atoms with Crippen molar-refractivity contribution in [1.29, 1.82) is 0 Å². The van der Waals surface area contributed by atoms with E-state index in [0.717, 1.165) is 0 Å². The summed E-state index contributed by atoms with van der Waals surface area (Å²) >= 11 is 0. The summed E-state index contributed by atoms with van der Waals surface area (Å²) in [5.74, 6) is 0.333. The van der Waals surface area contributed by atoms with Crippen LogP contribution >= 0.6 is 0 Å². The zero-order valence-electron chi connectivity index (χ0n) is 11.6. The number of rotatable bonds is 0. The minimum Gasteiger partial charge on any atom is -0.513 e. The van der Waals surface area contributed by atoms with E-state index < -0.39 is 0 Å². The normalized spacial score (nSPS) is 15.3. The molecule has 2 N–H and O–H groups in total. The van der Waals surface area contributed by atoms with Crippen molar-refractivity contribution < 1.29 is 36.4 Å². The largest absolute Gasteiger partial charge is 2.00 e. The van der Waals surface area contributed by atoms with E-state index in [9.17, 15) is 0 Å². The van der Waals surface area contributed by atoms with E-state index in [1.54, 1.807) is 0 Å². The molecule has 2 aliphatic carbocycles. The Morgan fingerprint density at radius 3 is 0.684 bits per heavy atom. The molecule has 0 heterocycles. The number of aliphatic hydroxyl groups is 2. The molecule has 2 rings (SSSR count). The molecule has 0 atom stereocenters. The van der Waals surface area contributed by atoms with Crippen molar-refractivity contribution in [2.75, 3.05) is 0 Å². The molecule has 100 valence electrons. The third-order valence-corrected chi connectivity index (χ3v) is 1.11. The molecule has 0 saturated heterocycles. The molecule has 2 saturated carbocycles. The molecule has 0 unspecified atom stereocenters. The molecule has 3 heteroatoms. The van der Waals surface area contributed by atoms with Gasteiger partial charge in [-0.05, 0) is 78.1 Å². The van der Waals surface area contributed by atoms with E-state index in [4.69, 9.17) is 10.2 Å². The van der Waals surface area contributed by atoms with Crippen LogP contribution in [0.3, 0.4) is 0 Å². The maximum absolute atomic E-state index is 7.86. The van der Waals surface area contributed by atoms with E-state index in [-0.39, 0.29) is 37.7 Å². The van der Waals surface area contributed by atoms with E-state index in [2.05, 4.69) is 13.2 Å². The smallest absolute Gasteiger partial charge is 0.513 e. The molecular formula is C16H22O2Zr+2. The number of hydrogen-bond donors (Lipinski definition) is 2. The quantitative estimate of drug-likeness (QED) is 0.651. The topological polar surface area (TPSA) is 40.5 Å². The third-order valence-electron chi connectivity index (χ3n) is 1.11. The second-order valence-corrected chi connectivity index (χ2v) is 3.40. The average Bonchev–Trinajstić information content (AvgIpc) is 2.96. The summed E-state index contributed by atoms with van der Waals surface area (Å²) in [7, 11) is 0. The van der Waals surface area contributed by atoms with E-state index in [1.165, 1.54) is 13.8 Å². The minimum atomic E-state index is 0. The molecule has 2 aliphatic rings. The zero-order chi connectivity index (χ0) is 14.2. The van der Waals surface area contributed by atoms with Gasteiger partial charge in [0.2, 0.25) is 0 Å². The minimum absolute atomic E-state index is 0. The van der Waals surface area contributed by atoms with Crippen LogP contribution in [0.1, 0.15) is 13.8 Å². The van der Waals surface area contributed by atoms with Gasteiger partial charge in [0.05, 0.1) is 11.5 Å². The number of hydrogen-bond acceptors (Lipinski definition) is 2. The molecule has 0 bridgehead atoms. The fraction of sp³-hybridized carbons (Fsp3) is 0.125. The summed E-state index contributed by atoms with van der Waals surface area (Å²) in [5, 5.41) is 15.7. The molecule has 2 nitrogen and oxygen atoms in total. The second kappa shape index (κ2) is 20.3. The molecule has 10 radical (unpaired) electrons. The van der Waals surface area contributed by atoms with Crippen molar-refractivity contribution in [2.45, 2.75) is 13.8 Å². The fourth-order valence-corrected chi connectivity index (χ4v) is 0.642. The molecule has 0 aromatic rings. The van der Waals surface area contributed by atoms with Crippen LogP contribution < -0.4 is 0 Å². The first kappa shape index (κ1) is 24.0. The van der Waals surface area contributed by atoms with Gasteiger partial charge in [-0.2, -0.15) is 0 Å². The molecule has 0 amide bonds. The van der Waals surface area contributed by atoms with Crippen molar-refractivity contribution in [3.8, 4) is 0 Å². The van der Waals surface area contributed by atoms with Crippen LogP contribution in [0.2, 0.25) is 0 Å². The Labute approximate surface area is 139 Å². The van der Waals surface area contributed by atoms with Crippen LogP contribution in [0, 0.1) is 64.2 Å². The van der Waals surface area contributed by atoms with Gasteiger partial charge in [-0.15, -0.1) is 0 Å². The Kier molecular flexibility index (Phi) is 25.6. The molecule has 2 fully saturated rings. The summed E-state index contributed by atoms with van der Waals surface area (Å²) in [6.07, 6.45) is 20.0. The Bertz CT molecular complexity index is 150. The molecule has 0 aliphatic heterocycles. The van der Waals surface area contributed by atoms with Gasteiger partial charge in [0.25, 0.3) is 0 Å². The fourth-order valence-electron chi connectivity index (χ4n) is 0.642. The van der Waals surface area contributed by atoms with Crippen LogP contribution in [-0.4, -0.2) is 10.2 Å². The van der Waals surface area contributed by atoms with Crippen LogP contribution in [0.15, 0.2) is 24.7 Å². The maximum atomic E-state index is 7.86. The van der Waals surface area contributed by atoms with Crippen molar-refractivity contribution in [3.63, 3.8) is 0 Å². The molecule has 0 spiro atoms. The van der Waals surface area contributed by atoms with E-state index in [0.29, 0.717) is 0 Å². The predicted molar refractivity (Wildman–Crippen MR) is 77.9 cm³/mol. The van der Waals surface area contributed by atoms with Crippen LogP contribution in [0.5, 0.6) is 0 Å². The molecule has 0 aromatic heterocycles. The Morgan fingerprint density at radius 2 is 0.632 bits per heavy atom. The van der Waals surface area contributed by atoms with Gasteiger partial charge in [0.1, 0.15) is 0 Å². The zero-order valence-corrected chi connectivity index (χ0v) is 14.0. The predicted octanol–water partition coefficient (Wildman–Crippen LogP) is 4.20. The monoisotopic (exact) mass is 336 g/mol. The summed E-state index contributed by atoms with van der Waals surface area (Å²) in [6, 6.07) is 0. The van der Waals surface area contributed by atoms with Crippen molar-refractivity contribution in [3.05, 3.63) is 88.9 Å². The first-order chi connectivity index (χ1) is 8.46. The van der Waals surface area contributed by atoms with E-state index in [1.807, 2.05) is 64.2 Å². The van der Waals surface area contributed by atoms with Crippen molar-refractivity contribution in [2.24, 2.45) is 0 Å². The summed E-state index contributed by atoms with van der Waals surface area (Å²) < 4.78 is 0. The van der Waals surface area contributed by atoms with Gasteiger partial charge in [0.15, 0.2) is 0 Å². The molecular weight excluding hydrogens is 315 g/mol. The Hall–Kier alpha value is -0.0369. The van der Waals surface area contributed by atoms with Gasteiger partial charge in [-0.3, -0.25) is 0 Å². The first-order valence-corrected chi connectivity index (χ1v) is 5.49. The maximum Gasteiger partial charge on any atom is 2.00 e. The van der Waals surface area contributed by atoms with Gasteiger partial charge >= 0.3 is 26.2 Å². The standard InChI is InChI=1S/2C5H5.2C3H6O.Zr/c2*1-2-4-5-3-1;2*1-3(2)4;/h2*1-5H;2*4H,1H2,2H3;/q;;;;+2. The average molecular weight is 338 g/mol. The van der Waals surface area contributed by atoms with E-state index >= 15 is 0 Å². The van der Waals surface area contributed by atoms with Crippen molar-refractivity contribution >= 4 is 0 Å². The van der Waals surface area contributed by atoms with Crippen LogP contribution in [0.4, 0.5) is 0 Å². The van der Waals surface area contributed by atoms with Gasteiger partial charge in [0, 0.05) is 0 Å². The number of aliphatic hydroxyl groups excluding tert-OH is 2. The number of allylic oxidation sites excluding steroid dienone is 2. The van der Waals surface area contributed by atoms with Crippen LogP contribution in [-0.2, 0) is 26.2 Å². The molecule has 19 heavy (non-hydrogen) atoms. The second-order valence-electron chi connectivity index (χ2n) is 3.40. The summed E-state index contributed by atoms with van der Waals surface area (Å²) in [6.45, 7) is 9.28. The SMILES string of the molecule is C=C(C)O.C=C(C)O.[CH]1[CH][CH][CH][CH]1.[CH]1[CH][CH][CH][CH]1.[Zr+2]. The first-order valence-electron chi connectivity index (χ1n) is 5.49. The Morgan fingerprint density at radius 1 is 0.579 bits per heavy atom. The van der Waals surface area contributed by atoms with Gasteiger partial charge in [-0.1, -0.05) is 13.2 Å². The summed E-state index contributed by atoms with van der Waals surface area (Å²) in [5.41, 5.74) is 0.